The average molecular weight is 519 g/mol. The number of rotatable bonds is 5. The van der Waals surface area contributed by atoms with Crippen molar-refractivity contribution >= 4 is 5.97 Å². The second-order valence-electron chi connectivity index (χ2n) is 6.84. The predicted molar refractivity (Wildman–Crippen MR) is 75.1 cm³/mol. The molecule has 0 aromatic carbocycles. The van der Waals surface area contributed by atoms with Gasteiger partial charge in [-0.15, -0.1) is 0 Å². The van der Waals surface area contributed by atoms with Gasteiger partial charge in [0, 0.05) is 0 Å². The van der Waals surface area contributed by atoms with Gasteiger partial charge in [0.05, 0.1) is 0 Å². The van der Waals surface area contributed by atoms with Crippen LogP contribution < -0.4 is 46.2 Å². The van der Waals surface area contributed by atoms with Gasteiger partial charge in [-0.05, 0) is 0 Å². The molecule has 2 aliphatic carbocycles. The van der Waals surface area contributed by atoms with Gasteiger partial charge in [0.2, 0.25) is 0 Å². The van der Waals surface area contributed by atoms with Crippen molar-refractivity contribution in [1.82, 2.24) is 3.53 Å². The van der Waals surface area contributed by atoms with Gasteiger partial charge in [0.15, 0.2) is 0 Å². The first-order chi connectivity index (χ1) is 10.1. The van der Waals surface area contributed by atoms with E-state index in [2.05, 4.69) is 15.4 Å². The minimum atomic E-state index is -0.170. The summed E-state index contributed by atoms with van der Waals surface area (Å²) in [5, 5.41) is 0. The summed E-state index contributed by atoms with van der Waals surface area (Å²) < 4.78 is 10.1. The van der Waals surface area contributed by atoms with E-state index in [1.165, 1.54) is 44.9 Å². The van der Waals surface area contributed by atoms with Crippen LogP contribution in [0.25, 0.3) is 0 Å². The van der Waals surface area contributed by atoms with Crippen molar-refractivity contribution in [2.24, 2.45) is 5.92 Å². The number of esters is 1. The van der Waals surface area contributed by atoms with E-state index in [1.807, 2.05) is 0 Å². The first-order valence-corrected chi connectivity index (χ1v) is 13.8. The summed E-state index contributed by atoms with van der Waals surface area (Å²) in [6, 6.07) is 0. The van der Waals surface area contributed by atoms with Gasteiger partial charge in [0.1, 0.15) is 0 Å². The monoisotopic (exact) mass is 519 g/mol. The molecular weight excluding hydrogens is 492 g/mol. The minimum absolute atomic E-state index is 0.0695. The molecule has 3 rings (SSSR count). The van der Waals surface area contributed by atoms with E-state index in [1.54, 1.807) is 0 Å². The molecule has 5 heteroatoms. The van der Waals surface area contributed by atoms with E-state index in [0.29, 0.717) is 9.97 Å². The third-order valence-corrected chi connectivity index (χ3v) is 12.6. The molecule has 3 fully saturated rings. The molecule has 124 valence electrons. The van der Waals surface area contributed by atoms with Crippen LogP contribution in [0.4, 0.5) is 0 Å². The molecular formula is C16H27I2NO2-2. The van der Waals surface area contributed by atoms with Crippen molar-refractivity contribution in [1.29, 1.82) is 0 Å². The second kappa shape index (κ2) is 6.79. The molecule has 0 radical (unpaired) electrons. The Hall–Kier alpha value is 0.890. The van der Waals surface area contributed by atoms with E-state index in [0.717, 1.165) is 12.8 Å². The normalized spacial score (nSPS) is 32.2. The zero-order valence-corrected chi connectivity index (χ0v) is 17.4. The molecule has 0 bridgehead atoms. The van der Waals surface area contributed by atoms with Gasteiger partial charge in [-0.3, -0.25) is 0 Å². The Morgan fingerprint density at radius 3 is 2.38 bits per heavy atom. The molecule has 0 amide bonds. The van der Waals surface area contributed by atoms with E-state index in [9.17, 15) is 4.79 Å². The summed E-state index contributed by atoms with van der Waals surface area (Å²) in [4.78, 5) is 15.2. The van der Waals surface area contributed by atoms with E-state index < -0.39 is 0 Å². The van der Waals surface area contributed by atoms with Gasteiger partial charge in [-0.1, -0.05) is 0 Å². The third-order valence-electron chi connectivity index (χ3n) is 5.58. The number of ether oxygens (including phenoxy) is 1. The van der Waals surface area contributed by atoms with E-state index in [4.69, 9.17) is 4.74 Å². The average Bonchev–Trinajstić information content (AvgIpc) is 3.28. The third kappa shape index (κ3) is 3.39. The molecule has 2 saturated carbocycles. The maximum absolute atomic E-state index is 13.0. The summed E-state index contributed by atoms with van der Waals surface area (Å²) in [6.45, 7) is 2.16. The van der Waals surface area contributed by atoms with Crippen LogP contribution in [-0.2, 0) is 9.53 Å². The predicted octanol–water partition coefficient (Wildman–Crippen LogP) is -3.17. The SMILES string of the molecule is C[I-]C(C)(C(=O)OC1(C2CCCCC2)CCCC1)C1N[I-]1. The van der Waals surface area contributed by atoms with Crippen molar-refractivity contribution in [2.45, 2.75) is 77.8 Å². The van der Waals surface area contributed by atoms with Gasteiger partial charge in [-0.2, -0.15) is 0 Å². The number of carbonyl (C=O) groups excluding carboxylic acids is 1. The van der Waals surface area contributed by atoms with Crippen molar-refractivity contribution in [3.05, 3.63) is 0 Å². The Labute approximate surface area is 149 Å². The van der Waals surface area contributed by atoms with Crippen molar-refractivity contribution in [2.75, 3.05) is 4.93 Å². The zero-order chi connectivity index (χ0) is 14.9. The molecule has 0 aromatic rings. The summed E-state index contributed by atoms with van der Waals surface area (Å²) >= 11 is -0.0637. The molecule has 1 aliphatic heterocycles. The molecule has 2 unspecified atom stereocenters. The van der Waals surface area contributed by atoms with E-state index >= 15 is 0 Å². The fraction of sp³-hybridized carbons (Fsp3) is 0.938. The van der Waals surface area contributed by atoms with Crippen LogP contribution in [-0.4, -0.2) is 24.0 Å². The van der Waals surface area contributed by atoms with Crippen LogP contribution in [0.3, 0.4) is 0 Å². The van der Waals surface area contributed by atoms with Crippen molar-refractivity contribution in [3.8, 4) is 0 Å². The molecule has 0 aromatic heterocycles. The first-order valence-electron chi connectivity index (χ1n) is 8.23. The molecule has 1 heterocycles. The molecule has 1 N–H and O–H groups in total. The van der Waals surface area contributed by atoms with Crippen LogP contribution in [0, 0.1) is 5.92 Å². The van der Waals surface area contributed by atoms with Gasteiger partial charge in [0.25, 0.3) is 0 Å². The van der Waals surface area contributed by atoms with Crippen LogP contribution in [0.1, 0.15) is 64.7 Å². The number of hydrogen-bond donors (Lipinski definition) is 1. The molecule has 3 nitrogen and oxygen atoms in total. The molecule has 3 aliphatic rings. The molecule has 2 atom stereocenters. The van der Waals surface area contributed by atoms with Crippen LogP contribution in [0.15, 0.2) is 0 Å². The number of carbonyl (C=O) groups is 1. The number of halogens is 2. The fourth-order valence-corrected chi connectivity index (χ4v) is 9.85. The maximum atomic E-state index is 13.0. The Kier molecular flexibility index (Phi) is 5.41. The van der Waals surface area contributed by atoms with Crippen LogP contribution in [0.2, 0.25) is 0 Å². The first kappa shape index (κ1) is 16.7. The summed E-state index contributed by atoms with van der Waals surface area (Å²) in [6.07, 6.45) is 11.3. The molecule has 0 spiro atoms. The Morgan fingerprint density at radius 2 is 1.86 bits per heavy atom. The second-order valence-corrected chi connectivity index (χ2v) is 12.7. The number of alkyl halides is 3. The summed E-state index contributed by atoms with van der Waals surface area (Å²) in [5.74, 6) is 0.777. The summed E-state index contributed by atoms with van der Waals surface area (Å²) in [5.41, 5.74) is -0.0924. The Morgan fingerprint density at radius 1 is 1.24 bits per heavy atom. The van der Waals surface area contributed by atoms with Gasteiger partial charge >= 0.3 is 150 Å². The molecule has 1 saturated heterocycles. The van der Waals surface area contributed by atoms with Crippen molar-refractivity contribution in [3.63, 3.8) is 0 Å². The topological polar surface area (TPSA) is 48.2 Å². The van der Waals surface area contributed by atoms with Gasteiger partial charge < -0.3 is 0 Å². The standard InChI is InChI=1S/C16H27I2NO2/c1-15(17-2,13-18-19-13)14(20)21-16(10-6-7-11-16)12-8-4-3-5-9-12/h12-13,19H,3-11H2,1-2H3/q-2. The fourth-order valence-electron chi connectivity index (χ4n) is 3.99. The number of nitrogens with one attached hydrogen (secondary N) is 1. The van der Waals surface area contributed by atoms with Gasteiger partial charge in [-0.25, -0.2) is 0 Å². The van der Waals surface area contributed by atoms with Crippen molar-refractivity contribution < 1.29 is 52.2 Å². The summed E-state index contributed by atoms with van der Waals surface area (Å²) in [7, 11) is 0. The van der Waals surface area contributed by atoms with Crippen LogP contribution in [0.5, 0.6) is 0 Å². The zero-order valence-electron chi connectivity index (χ0n) is 13.1. The molecule has 21 heavy (non-hydrogen) atoms. The Bertz CT molecular complexity index is 388. The quantitative estimate of drug-likeness (QED) is 0.104. The number of hydrogen-bond acceptors (Lipinski definition) is 3. The Balaban J connectivity index is 1.73. The van der Waals surface area contributed by atoms with E-state index in [-0.39, 0.29) is 57.7 Å². The van der Waals surface area contributed by atoms with Crippen LogP contribution >= 0.6 is 0 Å².